The van der Waals surface area contributed by atoms with Gasteiger partial charge in [-0.2, -0.15) is 0 Å². The molecular formula is C37H102N4O6Si9. The largest absolute Gasteiger partial charge is 0.437 e. The number of unbranched alkanes of at least 4 members (excludes halogenated alkanes) is 1. The lowest BCUT2D eigenvalue weighted by Crippen LogP contribution is -2.56. The molecule has 0 aliphatic carbocycles. The van der Waals surface area contributed by atoms with Crippen LogP contribution >= 0.6 is 0 Å². The van der Waals surface area contributed by atoms with E-state index in [1.165, 1.54) is 37.4 Å². The summed E-state index contributed by atoms with van der Waals surface area (Å²) in [5.74, 6) is 0. The molecule has 0 aromatic carbocycles. The van der Waals surface area contributed by atoms with E-state index in [1.807, 2.05) is 0 Å². The first-order valence-corrected chi connectivity index (χ1v) is 49.5. The van der Waals surface area contributed by atoms with Crippen LogP contribution in [0.3, 0.4) is 0 Å². The van der Waals surface area contributed by atoms with Crippen molar-refractivity contribution in [3.05, 3.63) is 0 Å². The summed E-state index contributed by atoms with van der Waals surface area (Å²) in [6.07, 6.45) is 8.05. The smallest absolute Gasteiger partial charge is 0.315 e. The van der Waals surface area contributed by atoms with Gasteiger partial charge < -0.3 is 48.2 Å². The van der Waals surface area contributed by atoms with Crippen LogP contribution in [0, 0.1) is 0 Å². The zero-order chi connectivity index (χ0) is 44.5. The molecular weight excluding hydrogens is 849 g/mol. The molecule has 2 unspecified atom stereocenters. The van der Waals surface area contributed by atoms with Crippen LogP contribution in [-0.4, -0.2) is 115 Å². The van der Waals surface area contributed by atoms with Crippen LogP contribution in [0.15, 0.2) is 0 Å². The van der Waals surface area contributed by atoms with Crippen LogP contribution in [0.25, 0.3) is 0 Å². The minimum absolute atomic E-state index is 0.614. The molecule has 0 saturated carbocycles. The van der Waals surface area contributed by atoms with Crippen molar-refractivity contribution in [2.24, 2.45) is 22.9 Å². The highest BCUT2D eigenvalue weighted by Gasteiger charge is 2.44. The molecule has 10 nitrogen and oxygen atoms in total. The maximum absolute atomic E-state index is 6.53. The summed E-state index contributed by atoms with van der Waals surface area (Å²) < 4.78 is 38.0. The van der Waals surface area contributed by atoms with Gasteiger partial charge in [0.25, 0.3) is 0 Å². The Hall–Kier alpha value is 1.55. The van der Waals surface area contributed by atoms with Gasteiger partial charge >= 0.3 is 25.7 Å². The second-order valence-electron chi connectivity index (χ2n) is 21.0. The number of ether oxygens (including phenoxy) is 1. The first-order chi connectivity index (χ1) is 25.2. The van der Waals surface area contributed by atoms with E-state index >= 15 is 0 Å². The lowest BCUT2D eigenvalue weighted by atomic mass is 10.4. The molecule has 2 atom stereocenters. The molecule has 0 bridgehead atoms. The van der Waals surface area contributed by atoms with Gasteiger partial charge in [0.05, 0.1) is 8.80 Å². The van der Waals surface area contributed by atoms with Crippen LogP contribution in [0.2, 0.25) is 154 Å². The van der Waals surface area contributed by atoms with Crippen LogP contribution in [0.5, 0.6) is 0 Å². The van der Waals surface area contributed by atoms with E-state index < -0.39 is 75.8 Å². The normalized spacial score (nSPS) is 15.1. The molecule has 0 radical (unpaired) electrons. The Kier molecular flexibility index (Phi) is 32.9. The number of hydrogen-bond acceptors (Lipinski definition) is 10. The van der Waals surface area contributed by atoms with Gasteiger partial charge in [-0.15, -0.1) is 0 Å². The average molecular weight is 952 g/mol. The molecule has 56 heavy (non-hydrogen) atoms. The molecule has 0 amide bonds. The molecule has 0 aromatic heterocycles. The van der Waals surface area contributed by atoms with E-state index in [9.17, 15) is 0 Å². The monoisotopic (exact) mass is 951 g/mol. The van der Waals surface area contributed by atoms with E-state index in [2.05, 4.69) is 125 Å². The highest BCUT2D eigenvalue weighted by Crippen LogP contribution is 2.28. The van der Waals surface area contributed by atoms with Crippen molar-refractivity contribution in [1.82, 2.24) is 0 Å². The number of nitrogens with two attached hydrogens (primary N) is 4. The van der Waals surface area contributed by atoms with E-state index in [4.69, 9.17) is 48.2 Å². The van der Waals surface area contributed by atoms with Crippen LogP contribution in [0.4, 0.5) is 0 Å². The fourth-order valence-electron chi connectivity index (χ4n) is 6.94. The SMILES string of the molecule is CCCC[Si](C)(C)CCOC[SiH](C)CCCN.C[Si](C)(C)O[Si](C)(C)O[Si](C)(CCCN)O[Si](C)(C)C.C[Si](C)(CCCN)O[Si](C)(C)O[Si](C)(C)CCCN. The van der Waals surface area contributed by atoms with E-state index in [-0.39, 0.29) is 0 Å². The lowest BCUT2D eigenvalue weighted by Gasteiger charge is -2.41. The van der Waals surface area contributed by atoms with E-state index in [0.29, 0.717) is 6.54 Å². The number of hydrogen-bond donors (Lipinski definition) is 4. The molecule has 19 heteroatoms. The molecule has 0 saturated heterocycles. The summed E-state index contributed by atoms with van der Waals surface area (Å²) in [5.41, 5.74) is 22.4. The fraction of sp³-hybridized carbons (Fsp3) is 1.00. The van der Waals surface area contributed by atoms with E-state index in [1.54, 1.807) is 0 Å². The Morgan fingerprint density at radius 3 is 1.25 bits per heavy atom. The summed E-state index contributed by atoms with van der Waals surface area (Å²) in [4.78, 5) is 0. The van der Waals surface area contributed by atoms with Gasteiger partial charge in [0.1, 0.15) is 0 Å². The highest BCUT2D eigenvalue weighted by molar-refractivity contribution is 6.90. The van der Waals surface area contributed by atoms with Gasteiger partial charge in [-0.05, 0) is 174 Å². The topological polar surface area (TPSA) is 159 Å². The predicted molar refractivity (Wildman–Crippen MR) is 273 cm³/mol. The van der Waals surface area contributed by atoms with Gasteiger partial charge in [0, 0.05) is 20.9 Å². The third-order valence-corrected chi connectivity index (χ3v) is 39.3. The van der Waals surface area contributed by atoms with E-state index in [0.717, 1.165) is 69.9 Å². The average Bonchev–Trinajstić information content (AvgIpc) is 2.99. The molecule has 0 heterocycles. The molecule has 342 valence electrons. The number of rotatable bonds is 30. The molecule has 0 fully saturated rings. The van der Waals surface area contributed by atoms with Gasteiger partial charge in [-0.1, -0.05) is 51.5 Å². The summed E-state index contributed by atoms with van der Waals surface area (Å²) >= 11 is 0. The third kappa shape index (κ3) is 40.9. The second kappa shape index (κ2) is 29.8. The molecule has 0 aliphatic rings. The second-order valence-corrected chi connectivity index (χ2v) is 58.4. The Morgan fingerprint density at radius 2 is 0.857 bits per heavy atom. The van der Waals surface area contributed by atoms with Crippen molar-refractivity contribution in [2.45, 2.75) is 200 Å². The quantitative estimate of drug-likeness (QED) is 0.0403. The third-order valence-electron chi connectivity index (χ3n) is 8.81. The van der Waals surface area contributed by atoms with Gasteiger partial charge in [-0.3, -0.25) is 0 Å². The Balaban J connectivity index is -0.000000755. The van der Waals surface area contributed by atoms with Crippen LogP contribution in [0.1, 0.15) is 45.4 Å². The first kappa shape index (κ1) is 61.8. The van der Waals surface area contributed by atoms with Crippen molar-refractivity contribution in [1.29, 1.82) is 0 Å². The molecule has 0 aromatic rings. The van der Waals surface area contributed by atoms with Crippen LogP contribution < -0.4 is 22.9 Å². The Labute approximate surface area is 360 Å². The Bertz CT molecular complexity index is 952. The van der Waals surface area contributed by atoms with Crippen molar-refractivity contribution >= 4 is 75.8 Å². The van der Waals surface area contributed by atoms with Crippen molar-refractivity contribution in [3.63, 3.8) is 0 Å². The summed E-state index contributed by atoms with van der Waals surface area (Å²) in [6, 6.07) is 7.34. The molecule has 0 aliphatic heterocycles. The lowest BCUT2D eigenvalue weighted by molar-refractivity contribution is 0.189. The van der Waals surface area contributed by atoms with Crippen molar-refractivity contribution in [3.8, 4) is 0 Å². The summed E-state index contributed by atoms with van der Waals surface area (Å²) in [5, 5.41) is 0. The summed E-state index contributed by atoms with van der Waals surface area (Å²) in [6.45, 7) is 46.9. The van der Waals surface area contributed by atoms with Crippen molar-refractivity contribution in [2.75, 3.05) is 39.0 Å². The standard InChI is InChI=1S/C13H33NOSi2.C12H34N2O2Si3.C12H35NO3Si4/c1-5-6-11-17(3,4)12-9-15-13-16(2)10-7-8-14;1-17(2,11-7-9-13)15-19(5,6)16-18(3,4)12-8-10-14;1-17(2,3)14-19(7,8)16-20(9,12-10-11-13)15-18(4,5)6/h16H,5-14H2,1-4H3;7-14H2,1-6H3;10-13H2,1-9H3. The molecule has 0 rings (SSSR count). The fourth-order valence-corrected chi connectivity index (χ4v) is 43.0. The molecule has 0 spiro atoms. The molecule has 8 N–H and O–H groups in total. The van der Waals surface area contributed by atoms with Crippen molar-refractivity contribution < 1.29 is 25.3 Å². The van der Waals surface area contributed by atoms with Gasteiger partial charge in [0.15, 0.2) is 33.3 Å². The Morgan fingerprint density at radius 1 is 0.446 bits per heavy atom. The highest BCUT2D eigenvalue weighted by atomic mass is 28.5. The summed E-state index contributed by atoms with van der Waals surface area (Å²) in [7, 11) is -14.4. The van der Waals surface area contributed by atoms with Crippen LogP contribution in [-0.2, 0) is 25.3 Å². The minimum atomic E-state index is -2.20. The predicted octanol–water partition coefficient (Wildman–Crippen LogP) is 9.91. The zero-order valence-corrected chi connectivity index (χ0v) is 50.2. The van der Waals surface area contributed by atoms with Gasteiger partial charge in [-0.25, -0.2) is 0 Å². The minimum Gasteiger partial charge on any atom is -0.437 e. The first-order valence-electron chi connectivity index (χ1n) is 22.1. The maximum atomic E-state index is 6.53. The zero-order valence-electron chi connectivity index (χ0n) is 41.1. The van der Waals surface area contributed by atoms with Gasteiger partial charge in [0.2, 0.25) is 0 Å². The maximum Gasteiger partial charge on any atom is 0.315 e.